The Balaban J connectivity index is 1.42. The fourth-order valence-electron chi connectivity index (χ4n) is 6.43. The minimum atomic E-state index is -0.805. The molecule has 1 aromatic rings. The number of aliphatic hydroxyl groups excluding tert-OH is 2. The number of benzene rings is 1. The van der Waals surface area contributed by atoms with Gasteiger partial charge in [-0.15, -0.1) is 0 Å². The van der Waals surface area contributed by atoms with Crippen molar-refractivity contribution in [3.8, 4) is 0 Å². The van der Waals surface area contributed by atoms with Crippen LogP contribution in [0.25, 0.3) is 6.08 Å². The van der Waals surface area contributed by atoms with Crippen LogP contribution in [0.15, 0.2) is 65.8 Å². The summed E-state index contributed by atoms with van der Waals surface area (Å²) in [5, 5.41) is 30.4. The van der Waals surface area contributed by atoms with Crippen molar-refractivity contribution in [1.29, 1.82) is 0 Å². The molecule has 2 unspecified atom stereocenters. The van der Waals surface area contributed by atoms with E-state index in [2.05, 4.69) is 49.9 Å². The summed E-state index contributed by atoms with van der Waals surface area (Å²) in [6.07, 6.45) is 15.2. The van der Waals surface area contributed by atoms with Gasteiger partial charge in [-0.25, -0.2) is 0 Å². The highest BCUT2D eigenvalue weighted by molar-refractivity contribution is 5.50. The van der Waals surface area contributed by atoms with E-state index >= 15 is 0 Å². The van der Waals surface area contributed by atoms with E-state index < -0.39 is 17.8 Å². The summed E-state index contributed by atoms with van der Waals surface area (Å²) in [4.78, 5) is 0. The Labute approximate surface area is 205 Å². The van der Waals surface area contributed by atoms with E-state index in [0.717, 1.165) is 29.0 Å². The molecule has 34 heavy (non-hydrogen) atoms. The molecule has 3 aliphatic carbocycles. The number of fused-ring (bicyclic) bond motifs is 1. The second-order valence-electron chi connectivity index (χ2n) is 11.4. The van der Waals surface area contributed by atoms with Gasteiger partial charge in [0.05, 0.1) is 17.8 Å². The van der Waals surface area contributed by atoms with Crippen molar-refractivity contribution in [3.05, 3.63) is 76.9 Å². The van der Waals surface area contributed by atoms with Crippen molar-refractivity contribution >= 4 is 6.08 Å². The molecular formula is C31H42O3. The molecule has 0 radical (unpaired) electrons. The van der Waals surface area contributed by atoms with Crippen molar-refractivity contribution in [2.75, 3.05) is 0 Å². The van der Waals surface area contributed by atoms with Crippen LogP contribution in [0.2, 0.25) is 0 Å². The highest BCUT2D eigenvalue weighted by Crippen LogP contribution is 2.51. The van der Waals surface area contributed by atoms with Crippen LogP contribution < -0.4 is 0 Å². The zero-order chi connectivity index (χ0) is 24.5. The van der Waals surface area contributed by atoms with Crippen LogP contribution in [-0.2, 0) is 5.60 Å². The molecule has 1 aromatic carbocycles. The van der Waals surface area contributed by atoms with Gasteiger partial charge >= 0.3 is 0 Å². The van der Waals surface area contributed by atoms with Gasteiger partial charge < -0.3 is 15.3 Å². The van der Waals surface area contributed by atoms with E-state index in [4.69, 9.17) is 0 Å². The van der Waals surface area contributed by atoms with Crippen LogP contribution in [0.5, 0.6) is 0 Å². The van der Waals surface area contributed by atoms with Crippen LogP contribution >= 0.6 is 0 Å². The van der Waals surface area contributed by atoms with E-state index in [1.54, 1.807) is 5.57 Å². The third-order valence-corrected chi connectivity index (χ3v) is 8.51. The Bertz CT molecular complexity index is 959. The van der Waals surface area contributed by atoms with Gasteiger partial charge in [-0.2, -0.15) is 0 Å². The van der Waals surface area contributed by atoms with Gasteiger partial charge in [0.25, 0.3) is 0 Å². The van der Waals surface area contributed by atoms with Crippen LogP contribution in [0.1, 0.15) is 76.8 Å². The number of aliphatic hydroxyl groups is 3. The lowest BCUT2D eigenvalue weighted by molar-refractivity contribution is 0.0785. The molecule has 3 N–H and O–H groups in total. The minimum Gasteiger partial charge on any atom is -0.393 e. The summed E-state index contributed by atoms with van der Waals surface area (Å²) in [5.74, 6) is 2.64. The van der Waals surface area contributed by atoms with Gasteiger partial charge in [0.15, 0.2) is 0 Å². The zero-order valence-electron chi connectivity index (χ0n) is 21.1. The van der Waals surface area contributed by atoms with Crippen LogP contribution in [0, 0.1) is 23.7 Å². The number of rotatable bonds is 5. The van der Waals surface area contributed by atoms with E-state index in [0.29, 0.717) is 30.6 Å². The van der Waals surface area contributed by atoms with Gasteiger partial charge in [0, 0.05) is 6.42 Å². The average Bonchev–Trinajstić information content (AvgIpc) is 3.23. The molecule has 3 aliphatic rings. The Morgan fingerprint density at radius 2 is 1.79 bits per heavy atom. The third kappa shape index (κ3) is 5.64. The second-order valence-corrected chi connectivity index (χ2v) is 11.4. The predicted octanol–water partition coefficient (Wildman–Crippen LogP) is 6.31. The summed E-state index contributed by atoms with van der Waals surface area (Å²) in [6.45, 7) is 10.1. The molecule has 3 saturated carbocycles. The zero-order valence-corrected chi connectivity index (χ0v) is 21.1. The van der Waals surface area contributed by atoms with Gasteiger partial charge in [-0.3, -0.25) is 0 Å². The molecule has 3 nitrogen and oxygen atoms in total. The van der Waals surface area contributed by atoms with Crippen LogP contribution in [-0.4, -0.2) is 27.5 Å². The molecule has 3 heteroatoms. The molecule has 4 rings (SSSR count). The van der Waals surface area contributed by atoms with Gasteiger partial charge in [0.2, 0.25) is 0 Å². The van der Waals surface area contributed by atoms with E-state index in [1.165, 1.54) is 31.2 Å². The van der Waals surface area contributed by atoms with Crippen molar-refractivity contribution < 1.29 is 15.3 Å². The normalized spacial score (nSPS) is 33.6. The fourth-order valence-corrected chi connectivity index (χ4v) is 6.43. The van der Waals surface area contributed by atoms with Crippen LogP contribution in [0.3, 0.4) is 0 Å². The first-order chi connectivity index (χ1) is 16.1. The number of hydrogen-bond donors (Lipinski definition) is 3. The maximum absolute atomic E-state index is 10.2. The van der Waals surface area contributed by atoms with E-state index in [1.807, 2.05) is 26.0 Å². The SMILES string of the molecule is C=C1/C(=C\C=C2/CCC[C@H]3C2CCC3[C@H](C)/C=C\c2ccc(C(C)(C)O)cc2)C[C@@H](O)C[C@@H]1O. The molecule has 0 spiro atoms. The second kappa shape index (κ2) is 10.4. The summed E-state index contributed by atoms with van der Waals surface area (Å²) < 4.78 is 0. The van der Waals surface area contributed by atoms with Crippen molar-refractivity contribution in [2.45, 2.75) is 83.5 Å². The van der Waals surface area contributed by atoms with Gasteiger partial charge in [0.1, 0.15) is 0 Å². The molecule has 0 aliphatic heterocycles. The Hall–Kier alpha value is -1.94. The molecule has 0 saturated heterocycles. The third-order valence-electron chi connectivity index (χ3n) is 8.51. The highest BCUT2D eigenvalue weighted by atomic mass is 16.3. The lowest BCUT2D eigenvalue weighted by Crippen LogP contribution is -2.27. The summed E-state index contributed by atoms with van der Waals surface area (Å²) >= 11 is 0. The average molecular weight is 463 g/mol. The molecule has 3 fully saturated rings. The van der Waals surface area contributed by atoms with Gasteiger partial charge in [-0.1, -0.05) is 67.6 Å². The van der Waals surface area contributed by atoms with E-state index in [9.17, 15) is 15.3 Å². The number of hydrogen-bond acceptors (Lipinski definition) is 3. The largest absolute Gasteiger partial charge is 0.393 e. The first-order valence-corrected chi connectivity index (χ1v) is 13.1. The first kappa shape index (κ1) is 25.2. The van der Waals surface area contributed by atoms with Crippen molar-refractivity contribution in [1.82, 2.24) is 0 Å². The molecular weight excluding hydrogens is 420 g/mol. The standard InChI is InChI=1S/C31H42O3/c1-20(8-9-22-10-14-25(15-11-22)31(3,4)34)27-16-17-28-23(6-5-7-29(27)28)12-13-24-18-26(32)19-30(33)21(24)2/h8-15,20,26-30,32-34H,2,5-7,16-19H2,1,3-4H3/b9-8-,23-12+,24-13-/t20-,26-,27?,28?,29-,30+/m1/s1. The van der Waals surface area contributed by atoms with Gasteiger partial charge in [-0.05, 0) is 98.3 Å². The molecule has 184 valence electrons. The van der Waals surface area contributed by atoms with Crippen LogP contribution in [0.4, 0.5) is 0 Å². The quantitative estimate of drug-likeness (QED) is 0.480. The van der Waals surface area contributed by atoms with E-state index in [-0.39, 0.29) is 0 Å². The Kier molecular flexibility index (Phi) is 7.66. The first-order valence-electron chi connectivity index (χ1n) is 13.1. The van der Waals surface area contributed by atoms with Crippen molar-refractivity contribution in [3.63, 3.8) is 0 Å². The molecule has 6 atom stereocenters. The summed E-state index contributed by atoms with van der Waals surface area (Å²) in [6, 6.07) is 8.22. The molecule has 0 amide bonds. The lowest BCUT2D eigenvalue weighted by atomic mass is 9.72. The Morgan fingerprint density at radius 1 is 1.06 bits per heavy atom. The monoisotopic (exact) mass is 462 g/mol. The molecule has 0 aromatic heterocycles. The summed E-state index contributed by atoms with van der Waals surface area (Å²) in [5.41, 5.74) is 4.64. The predicted molar refractivity (Wildman–Crippen MR) is 140 cm³/mol. The topological polar surface area (TPSA) is 60.7 Å². The smallest absolute Gasteiger partial charge is 0.0840 e. The highest BCUT2D eigenvalue weighted by Gasteiger charge is 2.41. The summed E-state index contributed by atoms with van der Waals surface area (Å²) in [7, 11) is 0. The maximum atomic E-state index is 10.2. The van der Waals surface area contributed by atoms with Crippen molar-refractivity contribution in [2.24, 2.45) is 23.7 Å². The molecule has 0 heterocycles. The fraction of sp³-hybridized carbons (Fsp3) is 0.548. The Morgan fingerprint density at radius 3 is 2.50 bits per heavy atom. The maximum Gasteiger partial charge on any atom is 0.0840 e. The minimum absolute atomic E-state index is 0.397. The lowest BCUT2D eigenvalue weighted by Gasteiger charge is -2.33. The molecule has 0 bridgehead atoms. The number of allylic oxidation sites excluding steroid dienone is 4.